The number of halogens is 1. The van der Waals surface area contributed by atoms with Crippen LogP contribution in [0.2, 0.25) is 0 Å². The van der Waals surface area contributed by atoms with Crippen LogP contribution in [-0.2, 0) is 9.59 Å². The number of urea groups is 1. The number of carbonyl (C=O) groups excluding carboxylic acids is 3. The summed E-state index contributed by atoms with van der Waals surface area (Å²) in [5, 5.41) is 5.64. The molecule has 27 heavy (non-hydrogen) atoms. The lowest BCUT2D eigenvalue weighted by Crippen LogP contribution is -2.54. The minimum Gasteiger partial charge on any atom is -0.324 e. The van der Waals surface area contributed by atoms with Gasteiger partial charge in [-0.15, -0.1) is 0 Å². The predicted octanol–water partition coefficient (Wildman–Crippen LogP) is 3.83. The molecule has 1 saturated heterocycles. The number of imide groups is 1. The molecule has 0 bridgehead atoms. The molecule has 0 aromatic heterocycles. The monoisotopic (exact) mass is 435 g/mol. The fourth-order valence-electron chi connectivity index (χ4n) is 4.66. The van der Waals surface area contributed by atoms with Crippen LogP contribution in [0.25, 0.3) is 0 Å². The molecule has 2 fully saturated rings. The fraction of sp³-hybridized carbons (Fsp3) is 0.550. The van der Waals surface area contributed by atoms with E-state index in [2.05, 4.69) is 47.3 Å². The average Bonchev–Trinajstić information content (AvgIpc) is 2.72. The van der Waals surface area contributed by atoms with E-state index >= 15 is 0 Å². The molecule has 2 atom stereocenters. The van der Waals surface area contributed by atoms with Gasteiger partial charge in [0.2, 0.25) is 5.91 Å². The molecule has 7 heteroatoms. The van der Waals surface area contributed by atoms with Gasteiger partial charge in [-0.1, -0.05) is 42.8 Å². The third kappa shape index (κ3) is 4.03. The lowest BCUT2D eigenvalue weighted by atomic mass is 9.64. The lowest BCUT2D eigenvalue weighted by Gasteiger charge is -2.43. The van der Waals surface area contributed by atoms with Crippen LogP contribution in [0.5, 0.6) is 0 Å². The summed E-state index contributed by atoms with van der Waals surface area (Å²) < 4.78 is 0.882. The van der Waals surface area contributed by atoms with E-state index in [-0.39, 0.29) is 17.9 Å². The van der Waals surface area contributed by atoms with Gasteiger partial charge in [0.25, 0.3) is 5.91 Å². The molecule has 4 amide bonds. The highest BCUT2D eigenvalue weighted by molar-refractivity contribution is 9.10. The summed E-state index contributed by atoms with van der Waals surface area (Å²) in [5.74, 6) is -0.349. The van der Waals surface area contributed by atoms with Gasteiger partial charge in [-0.2, -0.15) is 0 Å². The molecule has 1 aromatic rings. The Labute approximate surface area is 168 Å². The smallest absolute Gasteiger partial charge is 0.324 e. The molecular weight excluding hydrogens is 410 g/mol. The van der Waals surface area contributed by atoms with E-state index < -0.39 is 17.5 Å². The van der Waals surface area contributed by atoms with Gasteiger partial charge >= 0.3 is 6.03 Å². The zero-order chi connectivity index (χ0) is 20.0. The number of hydrogen-bond donors (Lipinski definition) is 2. The molecular formula is C20H26BrN3O3. The van der Waals surface area contributed by atoms with Gasteiger partial charge < -0.3 is 10.6 Å². The molecule has 2 unspecified atom stereocenters. The minimum absolute atomic E-state index is 0.0347. The summed E-state index contributed by atoms with van der Waals surface area (Å²) in [6.07, 6.45) is 2.22. The molecule has 2 N–H and O–H groups in total. The largest absolute Gasteiger partial charge is 0.325 e. The van der Waals surface area contributed by atoms with Crippen molar-refractivity contribution in [1.29, 1.82) is 0 Å². The molecule has 1 aliphatic heterocycles. The zero-order valence-corrected chi connectivity index (χ0v) is 17.8. The number of aryl methyl sites for hydroxylation is 1. The van der Waals surface area contributed by atoms with Gasteiger partial charge in [-0.3, -0.25) is 14.5 Å². The average molecular weight is 436 g/mol. The maximum Gasteiger partial charge on any atom is 0.325 e. The summed E-state index contributed by atoms with van der Waals surface area (Å²) in [7, 11) is 0. The van der Waals surface area contributed by atoms with Crippen molar-refractivity contribution in [2.24, 2.45) is 11.3 Å². The Morgan fingerprint density at radius 2 is 2.04 bits per heavy atom. The SMILES string of the molecule is Cc1ccc(NC(=O)CN2C(=O)NC3(CC(C)CC(C)(C)C3)C2=O)cc1Br. The third-order valence-electron chi connectivity index (χ3n) is 5.38. The van der Waals surface area contributed by atoms with Crippen LogP contribution in [0, 0.1) is 18.3 Å². The lowest BCUT2D eigenvalue weighted by molar-refractivity contribution is -0.136. The van der Waals surface area contributed by atoms with Crippen LogP contribution in [0.3, 0.4) is 0 Å². The molecule has 1 spiro atoms. The molecule has 6 nitrogen and oxygen atoms in total. The van der Waals surface area contributed by atoms with Gasteiger partial charge in [-0.05, 0) is 55.2 Å². The molecule has 1 aromatic carbocycles. The molecule has 1 heterocycles. The van der Waals surface area contributed by atoms with E-state index in [4.69, 9.17) is 0 Å². The van der Waals surface area contributed by atoms with Crippen LogP contribution in [0.4, 0.5) is 10.5 Å². The highest BCUT2D eigenvalue weighted by atomic mass is 79.9. The Hall–Kier alpha value is -1.89. The third-order valence-corrected chi connectivity index (χ3v) is 6.24. The summed E-state index contributed by atoms with van der Waals surface area (Å²) in [6, 6.07) is 4.99. The van der Waals surface area contributed by atoms with Crippen LogP contribution < -0.4 is 10.6 Å². The molecule has 2 aliphatic rings. The van der Waals surface area contributed by atoms with Gasteiger partial charge in [0.15, 0.2) is 0 Å². The second-order valence-corrected chi connectivity index (χ2v) is 9.62. The van der Waals surface area contributed by atoms with E-state index in [0.717, 1.165) is 21.4 Å². The molecule has 1 aliphatic carbocycles. The first-order valence-electron chi connectivity index (χ1n) is 9.21. The van der Waals surface area contributed by atoms with Crippen molar-refractivity contribution >= 4 is 39.5 Å². The topological polar surface area (TPSA) is 78.5 Å². The van der Waals surface area contributed by atoms with Gasteiger partial charge in [0.05, 0.1) is 0 Å². The van der Waals surface area contributed by atoms with Gasteiger partial charge in [-0.25, -0.2) is 4.79 Å². The summed E-state index contributed by atoms with van der Waals surface area (Å²) in [5.41, 5.74) is 0.753. The molecule has 146 valence electrons. The fourth-order valence-corrected chi connectivity index (χ4v) is 5.04. The van der Waals surface area contributed by atoms with E-state index in [1.807, 2.05) is 13.0 Å². The normalized spacial score (nSPS) is 27.0. The highest BCUT2D eigenvalue weighted by Crippen LogP contribution is 2.46. The molecule has 0 radical (unpaired) electrons. The van der Waals surface area contributed by atoms with Gasteiger partial charge in [0, 0.05) is 10.2 Å². The van der Waals surface area contributed by atoms with Crippen LogP contribution in [-0.4, -0.2) is 34.8 Å². The van der Waals surface area contributed by atoms with Crippen molar-refractivity contribution in [2.45, 2.75) is 52.5 Å². The van der Waals surface area contributed by atoms with E-state index in [0.29, 0.717) is 24.4 Å². The number of nitrogens with one attached hydrogen (secondary N) is 2. The summed E-state index contributed by atoms with van der Waals surface area (Å²) in [6.45, 7) is 8.01. The number of benzene rings is 1. The molecule has 1 saturated carbocycles. The maximum atomic E-state index is 13.1. The van der Waals surface area contributed by atoms with Crippen molar-refractivity contribution in [3.8, 4) is 0 Å². The first-order valence-corrected chi connectivity index (χ1v) is 10.0. The maximum absolute atomic E-state index is 13.1. The highest BCUT2D eigenvalue weighted by Gasteiger charge is 2.56. The Morgan fingerprint density at radius 1 is 1.33 bits per heavy atom. The van der Waals surface area contributed by atoms with Crippen molar-refractivity contribution in [1.82, 2.24) is 10.2 Å². The number of carbonyl (C=O) groups is 3. The number of anilines is 1. The second-order valence-electron chi connectivity index (χ2n) is 8.77. The number of hydrogen-bond acceptors (Lipinski definition) is 3. The number of rotatable bonds is 3. The first kappa shape index (κ1) is 19.9. The molecule has 3 rings (SSSR count). The van der Waals surface area contributed by atoms with Crippen molar-refractivity contribution in [3.05, 3.63) is 28.2 Å². The van der Waals surface area contributed by atoms with Crippen LogP contribution in [0.15, 0.2) is 22.7 Å². The van der Waals surface area contributed by atoms with Crippen molar-refractivity contribution in [2.75, 3.05) is 11.9 Å². The first-order chi connectivity index (χ1) is 12.5. The Kier molecular flexibility index (Phi) is 5.10. The van der Waals surface area contributed by atoms with Crippen molar-refractivity contribution in [3.63, 3.8) is 0 Å². The van der Waals surface area contributed by atoms with Gasteiger partial charge in [0.1, 0.15) is 12.1 Å². The quantitative estimate of drug-likeness (QED) is 0.707. The second kappa shape index (κ2) is 6.93. The predicted molar refractivity (Wildman–Crippen MR) is 107 cm³/mol. The number of nitrogens with zero attached hydrogens (tertiary/aromatic N) is 1. The van der Waals surface area contributed by atoms with Crippen molar-refractivity contribution < 1.29 is 14.4 Å². The Morgan fingerprint density at radius 3 is 2.67 bits per heavy atom. The van der Waals surface area contributed by atoms with E-state index in [9.17, 15) is 14.4 Å². The van der Waals surface area contributed by atoms with E-state index in [1.54, 1.807) is 12.1 Å². The van der Waals surface area contributed by atoms with E-state index in [1.165, 1.54) is 0 Å². The minimum atomic E-state index is -0.884. The summed E-state index contributed by atoms with van der Waals surface area (Å²) >= 11 is 3.43. The van der Waals surface area contributed by atoms with Crippen LogP contribution >= 0.6 is 15.9 Å². The van der Waals surface area contributed by atoms with Crippen LogP contribution in [0.1, 0.15) is 45.6 Å². The standard InChI is InChI=1S/C20H26BrN3O3/c1-12-8-19(3,4)11-20(9-12)17(26)24(18(27)23-20)10-16(25)22-14-6-5-13(2)15(21)7-14/h5-7,12H,8-11H2,1-4H3,(H,22,25)(H,23,27). The Bertz CT molecular complexity index is 808. The number of amides is 4. The zero-order valence-electron chi connectivity index (χ0n) is 16.2. The Balaban J connectivity index is 1.72. The summed E-state index contributed by atoms with van der Waals surface area (Å²) in [4.78, 5) is 39.0.